The van der Waals surface area contributed by atoms with Crippen LogP contribution in [0.5, 0.6) is 0 Å². The van der Waals surface area contributed by atoms with Gasteiger partial charge in [0.1, 0.15) is 6.04 Å². The molecular formula is C24H23ClN4O3. The van der Waals surface area contributed by atoms with E-state index in [0.29, 0.717) is 48.2 Å². The Morgan fingerprint density at radius 3 is 2.56 bits per heavy atom. The van der Waals surface area contributed by atoms with Crippen LogP contribution in [0.25, 0.3) is 0 Å². The van der Waals surface area contributed by atoms with Gasteiger partial charge in [0.25, 0.3) is 0 Å². The second-order valence-electron chi connectivity index (χ2n) is 7.67. The molecule has 1 aliphatic heterocycles. The van der Waals surface area contributed by atoms with Crippen molar-refractivity contribution in [1.82, 2.24) is 9.97 Å². The monoisotopic (exact) mass is 450 g/mol. The average molecular weight is 451 g/mol. The molecular weight excluding hydrogens is 428 g/mol. The van der Waals surface area contributed by atoms with Gasteiger partial charge in [0.2, 0.25) is 11.9 Å². The number of rotatable bonds is 7. The number of aromatic nitrogens is 2. The normalized spacial score (nSPS) is 15.5. The lowest BCUT2D eigenvalue weighted by atomic mass is 10.1. The molecule has 0 saturated carbocycles. The Morgan fingerprint density at radius 2 is 1.84 bits per heavy atom. The summed E-state index contributed by atoms with van der Waals surface area (Å²) in [6.07, 6.45) is 3.97. The van der Waals surface area contributed by atoms with Crippen molar-refractivity contribution in [2.24, 2.45) is 0 Å². The standard InChI is InChI=1S/C24H23ClN4O3/c25-17-9-11-18(12-10-17)27-22(30)21-7-4-14-29(21)24-26-15-19(23(31)32)20(28-24)13-8-16-5-2-1-3-6-16/h1-3,5-6,9-12,15,21H,4,7-8,13-14H2,(H,27,30)(H,31,32). The molecule has 0 bridgehead atoms. The molecule has 1 aromatic heterocycles. The van der Waals surface area contributed by atoms with Gasteiger partial charge in [0.05, 0.1) is 11.3 Å². The number of aryl methyl sites for hydroxylation is 2. The van der Waals surface area contributed by atoms with E-state index in [0.717, 1.165) is 12.0 Å². The Morgan fingerprint density at radius 1 is 1.09 bits per heavy atom. The average Bonchev–Trinajstić information content (AvgIpc) is 3.30. The van der Waals surface area contributed by atoms with Crippen LogP contribution in [-0.2, 0) is 17.6 Å². The molecule has 32 heavy (non-hydrogen) atoms. The van der Waals surface area contributed by atoms with Crippen LogP contribution in [0.15, 0.2) is 60.8 Å². The smallest absolute Gasteiger partial charge is 0.339 e. The lowest BCUT2D eigenvalue weighted by Crippen LogP contribution is -2.40. The second-order valence-corrected chi connectivity index (χ2v) is 8.11. The van der Waals surface area contributed by atoms with E-state index in [9.17, 15) is 14.7 Å². The Balaban J connectivity index is 1.53. The third-order valence-electron chi connectivity index (χ3n) is 5.50. The Labute approximate surface area is 191 Å². The Hall–Kier alpha value is -3.45. The fraction of sp³-hybridized carbons (Fsp3) is 0.250. The number of aromatic carboxylic acids is 1. The van der Waals surface area contributed by atoms with Crippen LogP contribution in [-0.4, -0.2) is 39.5 Å². The molecule has 1 aliphatic rings. The molecule has 1 amide bonds. The highest BCUT2D eigenvalue weighted by Crippen LogP contribution is 2.25. The summed E-state index contributed by atoms with van der Waals surface area (Å²) in [6, 6.07) is 16.4. The first kappa shape index (κ1) is 21.8. The molecule has 2 heterocycles. The molecule has 1 unspecified atom stereocenters. The van der Waals surface area contributed by atoms with Crippen LogP contribution >= 0.6 is 11.6 Å². The van der Waals surface area contributed by atoms with Crippen molar-refractivity contribution in [3.63, 3.8) is 0 Å². The second kappa shape index (κ2) is 9.78. The number of carboxylic acid groups (broad SMARTS) is 1. The van der Waals surface area contributed by atoms with E-state index >= 15 is 0 Å². The number of halogens is 1. The number of carboxylic acids is 1. The van der Waals surface area contributed by atoms with Crippen LogP contribution in [0.4, 0.5) is 11.6 Å². The number of benzene rings is 2. The van der Waals surface area contributed by atoms with E-state index in [1.807, 2.05) is 35.2 Å². The number of nitrogens with one attached hydrogen (secondary N) is 1. The molecule has 0 radical (unpaired) electrons. The molecule has 1 fully saturated rings. The Bertz CT molecular complexity index is 1110. The third-order valence-corrected chi connectivity index (χ3v) is 5.75. The van der Waals surface area contributed by atoms with Crippen molar-refractivity contribution in [2.75, 3.05) is 16.8 Å². The number of amides is 1. The fourth-order valence-electron chi connectivity index (χ4n) is 3.86. The minimum Gasteiger partial charge on any atom is -0.478 e. The van der Waals surface area contributed by atoms with Crippen LogP contribution in [0.3, 0.4) is 0 Å². The molecule has 1 saturated heterocycles. The third kappa shape index (κ3) is 5.06. The van der Waals surface area contributed by atoms with Gasteiger partial charge in [0.15, 0.2) is 0 Å². The Kier molecular flexibility index (Phi) is 6.66. The first-order chi connectivity index (χ1) is 15.5. The lowest BCUT2D eigenvalue weighted by Gasteiger charge is -2.24. The van der Waals surface area contributed by atoms with Crippen molar-refractivity contribution >= 4 is 35.1 Å². The number of hydrogen-bond donors (Lipinski definition) is 2. The summed E-state index contributed by atoms with van der Waals surface area (Å²) in [5.41, 5.74) is 2.32. The summed E-state index contributed by atoms with van der Waals surface area (Å²) in [5.74, 6) is -0.827. The number of carbonyl (C=O) groups is 2. The predicted octanol–water partition coefficient (Wildman–Crippen LogP) is 4.22. The molecule has 164 valence electrons. The van der Waals surface area contributed by atoms with E-state index < -0.39 is 12.0 Å². The van der Waals surface area contributed by atoms with E-state index in [1.54, 1.807) is 24.3 Å². The van der Waals surface area contributed by atoms with Gasteiger partial charge in [-0.3, -0.25) is 4.79 Å². The molecule has 2 aromatic carbocycles. The van der Waals surface area contributed by atoms with Crippen molar-refractivity contribution < 1.29 is 14.7 Å². The van der Waals surface area contributed by atoms with Gasteiger partial charge in [-0.25, -0.2) is 14.8 Å². The van der Waals surface area contributed by atoms with E-state index in [4.69, 9.17) is 11.6 Å². The minimum atomic E-state index is -1.06. The molecule has 0 spiro atoms. The maximum Gasteiger partial charge on any atom is 0.339 e. The highest BCUT2D eigenvalue weighted by Gasteiger charge is 2.33. The summed E-state index contributed by atoms with van der Waals surface area (Å²) in [4.78, 5) is 35.3. The molecule has 2 N–H and O–H groups in total. The van der Waals surface area contributed by atoms with Gasteiger partial charge < -0.3 is 15.3 Å². The van der Waals surface area contributed by atoms with Crippen LogP contribution in [0.2, 0.25) is 5.02 Å². The summed E-state index contributed by atoms with van der Waals surface area (Å²) >= 11 is 5.91. The van der Waals surface area contributed by atoms with Crippen LogP contribution < -0.4 is 10.2 Å². The molecule has 3 aromatic rings. The maximum atomic E-state index is 12.9. The quantitative estimate of drug-likeness (QED) is 0.559. The SMILES string of the molecule is O=C(O)c1cnc(N2CCCC2C(=O)Nc2ccc(Cl)cc2)nc1CCc1ccccc1. The zero-order valence-electron chi connectivity index (χ0n) is 17.4. The molecule has 0 aliphatic carbocycles. The summed E-state index contributed by atoms with van der Waals surface area (Å²) in [5, 5.41) is 13.1. The lowest BCUT2D eigenvalue weighted by molar-refractivity contribution is -0.117. The molecule has 8 heteroatoms. The van der Waals surface area contributed by atoms with Crippen molar-refractivity contribution in [2.45, 2.75) is 31.7 Å². The minimum absolute atomic E-state index is 0.0889. The predicted molar refractivity (Wildman–Crippen MR) is 123 cm³/mol. The van der Waals surface area contributed by atoms with E-state index in [1.165, 1.54) is 6.20 Å². The first-order valence-electron chi connectivity index (χ1n) is 10.5. The van der Waals surface area contributed by atoms with E-state index in [-0.39, 0.29) is 11.5 Å². The van der Waals surface area contributed by atoms with Gasteiger partial charge in [-0.05, 0) is 55.5 Å². The molecule has 4 rings (SSSR count). The number of nitrogens with zero attached hydrogens (tertiary/aromatic N) is 3. The largest absolute Gasteiger partial charge is 0.478 e. The maximum absolute atomic E-state index is 12.9. The molecule has 1 atom stereocenters. The van der Waals surface area contributed by atoms with Crippen molar-refractivity contribution in [3.8, 4) is 0 Å². The zero-order valence-corrected chi connectivity index (χ0v) is 18.1. The highest BCUT2D eigenvalue weighted by molar-refractivity contribution is 6.30. The highest BCUT2D eigenvalue weighted by atomic mass is 35.5. The number of anilines is 2. The van der Waals surface area contributed by atoms with Gasteiger partial charge in [-0.1, -0.05) is 41.9 Å². The first-order valence-corrected chi connectivity index (χ1v) is 10.9. The summed E-state index contributed by atoms with van der Waals surface area (Å²) in [6.45, 7) is 0.628. The van der Waals surface area contributed by atoms with Gasteiger partial charge in [-0.2, -0.15) is 0 Å². The van der Waals surface area contributed by atoms with E-state index in [2.05, 4.69) is 15.3 Å². The van der Waals surface area contributed by atoms with Crippen LogP contribution in [0.1, 0.15) is 34.5 Å². The number of carbonyl (C=O) groups excluding carboxylic acids is 1. The summed E-state index contributed by atoms with van der Waals surface area (Å²) in [7, 11) is 0. The van der Waals surface area contributed by atoms with Gasteiger partial charge in [-0.15, -0.1) is 0 Å². The number of hydrogen-bond acceptors (Lipinski definition) is 5. The zero-order chi connectivity index (χ0) is 22.5. The van der Waals surface area contributed by atoms with Crippen molar-refractivity contribution in [1.29, 1.82) is 0 Å². The van der Waals surface area contributed by atoms with Gasteiger partial charge >= 0.3 is 5.97 Å². The fourth-order valence-corrected chi connectivity index (χ4v) is 3.99. The topological polar surface area (TPSA) is 95.4 Å². The van der Waals surface area contributed by atoms with Crippen molar-refractivity contribution in [3.05, 3.63) is 82.6 Å². The van der Waals surface area contributed by atoms with Crippen LogP contribution in [0, 0.1) is 0 Å². The summed E-state index contributed by atoms with van der Waals surface area (Å²) < 4.78 is 0. The van der Waals surface area contributed by atoms with Gasteiger partial charge in [0, 0.05) is 23.5 Å². The molecule has 7 nitrogen and oxygen atoms in total.